The second-order valence-electron chi connectivity index (χ2n) is 3.75. The van der Waals surface area contributed by atoms with Gasteiger partial charge in [0.1, 0.15) is 18.2 Å². The average molecular weight is 341 g/mol. The highest BCUT2D eigenvalue weighted by atomic mass is 79.9. The van der Waals surface area contributed by atoms with Gasteiger partial charge in [0.2, 0.25) is 0 Å². The van der Waals surface area contributed by atoms with Crippen molar-refractivity contribution in [1.29, 1.82) is 5.26 Å². The van der Waals surface area contributed by atoms with Crippen LogP contribution in [0.1, 0.15) is 11.1 Å². The summed E-state index contributed by atoms with van der Waals surface area (Å²) >= 11 is 8.90. The van der Waals surface area contributed by atoms with E-state index >= 15 is 0 Å². The van der Waals surface area contributed by atoms with Crippen molar-refractivity contribution < 1.29 is 9.13 Å². The molecule has 0 saturated heterocycles. The molecule has 2 aromatic carbocycles. The first-order valence-corrected chi connectivity index (χ1v) is 6.54. The van der Waals surface area contributed by atoms with E-state index < -0.39 is 5.82 Å². The van der Waals surface area contributed by atoms with Crippen LogP contribution in [0.25, 0.3) is 0 Å². The molecular weight excluding hydrogens is 333 g/mol. The fourth-order valence-electron chi connectivity index (χ4n) is 1.53. The molecule has 0 radical (unpaired) electrons. The number of rotatable bonds is 3. The van der Waals surface area contributed by atoms with Crippen molar-refractivity contribution in [3.63, 3.8) is 0 Å². The molecule has 0 heterocycles. The lowest BCUT2D eigenvalue weighted by Crippen LogP contribution is -1.99. The number of benzene rings is 2. The Bertz CT molecular complexity index is 654. The van der Waals surface area contributed by atoms with Gasteiger partial charge in [0.25, 0.3) is 0 Å². The van der Waals surface area contributed by atoms with Crippen molar-refractivity contribution in [3.8, 4) is 11.8 Å². The highest BCUT2D eigenvalue weighted by Gasteiger charge is 2.09. The molecule has 0 amide bonds. The Balaban J connectivity index is 2.20. The zero-order valence-electron chi connectivity index (χ0n) is 9.66. The molecule has 0 atom stereocenters. The van der Waals surface area contributed by atoms with Crippen molar-refractivity contribution >= 4 is 27.5 Å². The standard InChI is InChI=1S/C14H8BrClFNO/c15-11-5-12(16)13(17)6-14(11)19-8-10-4-2-1-3-9(10)7-18/h1-6H,8H2. The molecule has 19 heavy (non-hydrogen) atoms. The van der Waals surface area contributed by atoms with Crippen LogP contribution in [0.3, 0.4) is 0 Å². The van der Waals surface area contributed by atoms with E-state index in [1.165, 1.54) is 12.1 Å². The lowest BCUT2D eigenvalue weighted by Gasteiger charge is -2.10. The Labute approximate surface area is 123 Å². The third kappa shape index (κ3) is 3.25. The summed E-state index contributed by atoms with van der Waals surface area (Å²) in [5, 5.41) is 8.98. The average Bonchev–Trinajstić information content (AvgIpc) is 2.41. The summed E-state index contributed by atoms with van der Waals surface area (Å²) in [7, 11) is 0. The first-order chi connectivity index (χ1) is 9.11. The second-order valence-corrected chi connectivity index (χ2v) is 5.02. The second kappa shape index (κ2) is 6.05. The van der Waals surface area contributed by atoms with Crippen molar-refractivity contribution in [2.45, 2.75) is 6.61 Å². The fraction of sp³-hybridized carbons (Fsp3) is 0.0714. The minimum Gasteiger partial charge on any atom is -0.488 e. The smallest absolute Gasteiger partial charge is 0.145 e. The number of halogens is 3. The van der Waals surface area contributed by atoms with Gasteiger partial charge in [-0.25, -0.2) is 4.39 Å². The Kier molecular flexibility index (Phi) is 4.41. The minimum absolute atomic E-state index is 0.0247. The van der Waals surface area contributed by atoms with Crippen LogP contribution in [0.4, 0.5) is 4.39 Å². The Morgan fingerprint density at radius 3 is 2.79 bits per heavy atom. The molecule has 0 N–H and O–H groups in total. The van der Waals surface area contributed by atoms with E-state index in [2.05, 4.69) is 22.0 Å². The molecule has 2 rings (SSSR count). The van der Waals surface area contributed by atoms with Crippen LogP contribution in [-0.4, -0.2) is 0 Å². The van der Waals surface area contributed by atoms with Crippen LogP contribution in [-0.2, 0) is 6.61 Å². The normalized spacial score (nSPS) is 10.0. The van der Waals surface area contributed by atoms with E-state index in [1.807, 2.05) is 6.07 Å². The number of hydrogen-bond acceptors (Lipinski definition) is 2. The molecule has 0 aromatic heterocycles. The predicted molar refractivity (Wildman–Crippen MR) is 74.6 cm³/mol. The molecule has 0 aliphatic rings. The van der Waals surface area contributed by atoms with Crippen LogP contribution < -0.4 is 4.74 Å². The van der Waals surface area contributed by atoms with Crippen LogP contribution in [0.2, 0.25) is 5.02 Å². The maximum Gasteiger partial charge on any atom is 0.145 e. The lowest BCUT2D eigenvalue weighted by atomic mass is 10.1. The summed E-state index contributed by atoms with van der Waals surface area (Å²) < 4.78 is 19.4. The summed E-state index contributed by atoms with van der Waals surface area (Å²) in [6.45, 7) is 0.184. The number of nitrogens with zero attached hydrogens (tertiary/aromatic N) is 1. The Hall–Kier alpha value is -1.57. The monoisotopic (exact) mass is 339 g/mol. The predicted octanol–water partition coefficient (Wildman–Crippen LogP) is 4.69. The lowest BCUT2D eigenvalue weighted by molar-refractivity contribution is 0.302. The number of hydrogen-bond donors (Lipinski definition) is 0. The zero-order valence-corrected chi connectivity index (χ0v) is 12.0. The van der Waals surface area contributed by atoms with Crippen molar-refractivity contribution in [2.75, 3.05) is 0 Å². The van der Waals surface area contributed by atoms with Crippen LogP contribution in [0.5, 0.6) is 5.75 Å². The van der Waals surface area contributed by atoms with Gasteiger partial charge in [0.15, 0.2) is 0 Å². The van der Waals surface area contributed by atoms with Crippen LogP contribution >= 0.6 is 27.5 Å². The number of ether oxygens (including phenoxy) is 1. The summed E-state index contributed by atoms with van der Waals surface area (Å²) in [4.78, 5) is 0. The molecule has 96 valence electrons. The van der Waals surface area contributed by atoms with Crippen molar-refractivity contribution in [3.05, 3.63) is 62.8 Å². The molecule has 0 unspecified atom stereocenters. The Morgan fingerprint density at radius 2 is 2.05 bits per heavy atom. The summed E-state index contributed by atoms with van der Waals surface area (Å²) in [6, 6.07) is 11.8. The molecular formula is C14H8BrClFNO. The summed E-state index contributed by atoms with van der Waals surface area (Å²) in [6.07, 6.45) is 0. The van der Waals surface area contributed by atoms with Gasteiger partial charge in [-0.05, 0) is 28.1 Å². The third-order valence-corrected chi connectivity index (χ3v) is 3.41. The van der Waals surface area contributed by atoms with Gasteiger partial charge in [0.05, 0.1) is 21.1 Å². The van der Waals surface area contributed by atoms with Crippen molar-refractivity contribution in [2.24, 2.45) is 0 Å². The van der Waals surface area contributed by atoms with E-state index in [-0.39, 0.29) is 11.6 Å². The van der Waals surface area contributed by atoms with Gasteiger partial charge in [-0.15, -0.1) is 0 Å². The largest absolute Gasteiger partial charge is 0.488 e. The maximum atomic E-state index is 13.3. The fourth-order valence-corrected chi connectivity index (χ4v) is 2.28. The SMILES string of the molecule is N#Cc1ccccc1COc1cc(F)c(Cl)cc1Br. The topological polar surface area (TPSA) is 33.0 Å². The van der Waals surface area contributed by atoms with Gasteiger partial charge >= 0.3 is 0 Å². The summed E-state index contributed by atoms with van der Waals surface area (Å²) in [5.41, 5.74) is 1.28. The van der Waals surface area contributed by atoms with Crippen molar-refractivity contribution in [1.82, 2.24) is 0 Å². The van der Waals surface area contributed by atoms with E-state index in [1.54, 1.807) is 18.2 Å². The molecule has 5 heteroatoms. The maximum absolute atomic E-state index is 13.3. The van der Waals surface area contributed by atoms with Gasteiger partial charge < -0.3 is 4.74 Å². The molecule has 2 aromatic rings. The highest BCUT2D eigenvalue weighted by molar-refractivity contribution is 9.10. The zero-order chi connectivity index (χ0) is 13.8. The van der Waals surface area contributed by atoms with Gasteiger partial charge in [-0.1, -0.05) is 29.8 Å². The molecule has 0 aliphatic carbocycles. The first-order valence-electron chi connectivity index (χ1n) is 5.37. The highest BCUT2D eigenvalue weighted by Crippen LogP contribution is 2.31. The molecule has 0 aliphatic heterocycles. The van der Waals surface area contributed by atoms with Crippen LogP contribution in [0, 0.1) is 17.1 Å². The quantitative estimate of drug-likeness (QED) is 0.759. The Morgan fingerprint density at radius 1 is 1.32 bits per heavy atom. The van der Waals surface area contributed by atoms with E-state index in [0.29, 0.717) is 15.8 Å². The minimum atomic E-state index is -0.548. The molecule has 0 bridgehead atoms. The van der Waals surface area contributed by atoms with E-state index in [0.717, 1.165) is 5.56 Å². The molecule has 0 fully saturated rings. The van der Waals surface area contributed by atoms with E-state index in [4.69, 9.17) is 21.6 Å². The van der Waals surface area contributed by atoms with Gasteiger partial charge in [-0.3, -0.25) is 0 Å². The third-order valence-electron chi connectivity index (χ3n) is 2.50. The summed E-state index contributed by atoms with van der Waals surface area (Å²) in [5.74, 6) is -0.205. The van der Waals surface area contributed by atoms with Crippen LogP contribution in [0.15, 0.2) is 40.9 Å². The van der Waals surface area contributed by atoms with Gasteiger partial charge in [0, 0.05) is 11.6 Å². The molecule has 0 spiro atoms. The van der Waals surface area contributed by atoms with Gasteiger partial charge in [-0.2, -0.15) is 5.26 Å². The molecule has 0 saturated carbocycles. The van der Waals surface area contributed by atoms with E-state index in [9.17, 15) is 4.39 Å². The first kappa shape index (κ1) is 13.9. The number of nitriles is 1. The molecule has 2 nitrogen and oxygen atoms in total.